The van der Waals surface area contributed by atoms with Crippen molar-refractivity contribution >= 4 is 17.9 Å². The third kappa shape index (κ3) is 3.10. The van der Waals surface area contributed by atoms with Crippen molar-refractivity contribution in [2.75, 3.05) is 19.5 Å². The van der Waals surface area contributed by atoms with E-state index in [9.17, 15) is 4.79 Å². The summed E-state index contributed by atoms with van der Waals surface area (Å²) < 4.78 is 10.3. The molecule has 0 aromatic heterocycles. The number of hydrogen-bond donors (Lipinski definition) is 3. The van der Waals surface area contributed by atoms with Gasteiger partial charge in [0.05, 0.1) is 14.2 Å². The molecule has 0 atom stereocenters. The molecule has 1 radical (unpaired) electrons. The molecule has 0 saturated heterocycles. The van der Waals surface area contributed by atoms with Gasteiger partial charge in [0.25, 0.3) is 0 Å². The van der Waals surface area contributed by atoms with Crippen LogP contribution in [-0.2, 0) is 11.2 Å². The van der Waals surface area contributed by atoms with Gasteiger partial charge in [0.2, 0.25) is 6.29 Å². The highest BCUT2D eigenvalue weighted by atomic mass is 16.5. The van der Waals surface area contributed by atoms with Crippen molar-refractivity contribution in [3.63, 3.8) is 0 Å². The molecule has 0 aliphatic carbocycles. The fourth-order valence-electron chi connectivity index (χ4n) is 1.46. The molecule has 0 bridgehead atoms. The molecular weight excluding hydrogens is 222 g/mol. The van der Waals surface area contributed by atoms with E-state index < -0.39 is 0 Å². The number of guanidine groups is 1. The van der Waals surface area contributed by atoms with Crippen LogP contribution in [0.3, 0.4) is 0 Å². The first kappa shape index (κ1) is 12.8. The normalized spacial score (nSPS) is 9.53. The van der Waals surface area contributed by atoms with Gasteiger partial charge in [0.15, 0.2) is 5.96 Å². The zero-order valence-electron chi connectivity index (χ0n) is 9.66. The molecule has 0 saturated carbocycles. The summed E-state index contributed by atoms with van der Waals surface area (Å²) in [5.41, 5.74) is 6.40. The average Bonchev–Trinajstić information content (AvgIpc) is 2.30. The molecule has 6 nitrogen and oxygen atoms in total. The SMILES string of the molecule is COc1cc(NC(=N)N)cc(OC)c1C[C]=O. The molecule has 0 spiro atoms. The van der Waals surface area contributed by atoms with Crippen LogP contribution >= 0.6 is 0 Å². The predicted molar refractivity (Wildman–Crippen MR) is 64.5 cm³/mol. The van der Waals surface area contributed by atoms with E-state index in [1.165, 1.54) is 14.2 Å². The van der Waals surface area contributed by atoms with Crippen molar-refractivity contribution in [2.24, 2.45) is 5.73 Å². The van der Waals surface area contributed by atoms with Crippen LogP contribution in [0.25, 0.3) is 0 Å². The van der Waals surface area contributed by atoms with E-state index in [2.05, 4.69) is 5.32 Å². The zero-order chi connectivity index (χ0) is 12.8. The summed E-state index contributed by atoms with van der Waals surface area (Å²) in [6.45, 7) is 0. The minimum atomic E-state index is -0.191. The number of carbonyl (C=O) groups excluding carboxylic acids is 1. The van der Waals surface area contributed by atoms with E-state index in [-0.39, 0.29) is 12.4 Å². The Hall–Kier alpha value is -2.24. The molecule has 0 aliphatic heterocycles. The number of nitrogens with one attached hydrogen (secondary N) is 2. The quantitative estimate of drug-likeness (QED) is 0.515. The summed E-state index contributed by atoms with van der Waals surface area (Å²) >= 11 is 0. The number of anilines is 1. The van der Waals surface area contributed by atoms with Crippen LogP contribution in [0.2, 0.25) is 0 Å². The van der Waals surface area contributed by atoms with E-state index in [0.717, 1.165) is 0 Å². The van der Waals surface area contributed by atoms with Gasteiger partial charge in [-0.25, -0.2) is 0 Å². The molecule has 1 aromatic carbocycles. The maximum absolute atomic E-state index is 10.5. The lowest BCUT2D eigenvalue weighted by molar-refractivity contribution is 0.387. The van der Waals surface area contributed by atoms with Crippen LogP contribution in [0, 0.1) is 5.41 Å². The summed E-state index contributed by atoms with van der Waals surface area (Å²) in [7, 11) is 2.97. The maximum Gasteiger partial charge on any atom is 0.203 e. The van der Waals surface area contributed by atoms with Crippen molar-refractivity contribution in [3.8, 4) is 11.5 Å². The van der Waals surface area contributed by atoms with Gasteiger partial charge in [-0.2, -0.15) is 0 Å². The molecule has 0 amide bonds. The smallest absolute Gasteiger partial charge is 0.203 e. The van der Waals surface area contributed by atoms with E-state index in [1.54, 1.807) is 18.4 Å². The first-order valence-electron chi connectivity index (χ1n) is 4.83. The minimum Gasteiger partial charge on any atom is -0.496 e. The summed E-state index contributed by atoms with van der Waals surface area (Å²) in [4.78, 5) is 10.5. The molecule has 91 valence electrons. The second-order valence-corrected chi connectivity index (χ2v) is 3.22. The zero-order valence-corrected chi connectivity index (χ0v) is 9.66. The maximum atomic E-state index is 10.5. The van der Waals surface area contributed by atoms with E-state index >= 15 is 0 Å². The Labute approximate surface area is 99.2 Å². The lowest BCUT2D eigenvalue weighted by Gasteiger charge is -2.14. The van der Waals surface area contributed by atoms with E-state index in [4.69, 9.17) is 20.6 Å². The Morgan fingerprint density at radius 2 is 1.94 bits per heavy atom. The second kappa shape index (κ2) is 5.74. The van der Waals surface area contributed by atoms with Crippen molar-refractivity contribution in [2.45, 2.75) is 6.42 Å². The third-order valence-electron chi connectivity index (χ3n) is 2.14. The highest BCUT2D eigenvalue weighted by Gasteiger charge is 2.12. The summed E-state index contributed by atoms with van der Waals surface area (Å²) in [6.07, 6.45) is 1.87. The summed E-state index contributed by atoms with van der Waals surface area (Å²) in [6, 6.07) is 3.27. The van der Waals surface area contributed by atoms with E-state index in [0.29, 0.717) is 22.7 Å². The van der Waals surface area contributed by atoms with Crippen molar-refractivity contribution < 1.29 is 14.3 Å². The molecule has 0 unspecified atom stereocenters. The molecule has 1 aromatic rings. The van der Waals surface area contributed by atoms with Crippen molar-refractivity contribution in [1.29, 1.82) is 5.41 Å². The number of rotatable bonds is 5. The monoisotopic (exact) mass is 236 g/mol. The van der Waals surface area contributed by atoms with Crippen LogP contribution in [0.5, 0.6) is 11.5 Å². The van der Waals surface area contributed by atoms with Crippen LogP contribution in [0.1, 0.15) is 5.56 Å². The van der Waals surface area contributed by atoms with Crippen LogP contribution in [0.4, 0.5) is 5.69 Å². The second-order valence-electron chi connectivity index (χ2n) is 3.22. The van der Waals surface area contributed by atoms with Gasteiger partial charge in [0.1, 0.15) is 11.5 Å². The van der Waals surface area contributed by atoms with Gasteiger partial charge in [-0.1, -0.05) is 0 Å². The van der Waals surface area contributed by atoms with Gasteiger partial charge in [-0.15, -0.1) is 0 Å². The Bertz CT molecular complexity index is 407. The molecule has 4 N–H and O–H groups in total. The molecule has 0 fully saturated rings. The molecule has 0 heterocycles. The first-order chi connectivity index (χ1) is 8.12. The Balaban J connectivity index is 3.22. The lowest BCUT2D eigenvalue weighted by Crippen LogP contribution is -2.20. The number of hydrogen-bond acceptors (Lipinski definition) is 4. The van der Waals surface area contributed by atoms with E-state index in [1.807, 2.05) is 0 Å². The number of benzene rings is 1. The van der Waals surface area contributed by atoms with Crippen LogP contribution < -0.4 is 20.5 Å². The molecule has 1 rings (SSSR count). The summed E-state index contributed by atoms with van der Waals surface area (Å²) in [5.74, 6) is 0.775. The largest absolute Gasteiger partial charge is 0.496 e. The molecule has 17 heavy (non-hydrogen) atoms. The fraction of sp³-hybridized carbons (Fsp3) is 0.273. The molecule has 6 heteroatoms. The number of ether oxygens (including phenoxy) is 2. The fourth-order valence-corrected chi connectivity index (χ4v) is 1.46. The van der Waals surface area contributed by atoms with Gasteiger partial charge in [-0.05, 0) is 0 Å². The van der Waals surface area contributed by atoms with Gasteiger partial charge in [-0.3, -0.25) is 10.2 Å². The first-order valence-corrected chi connectivity index (χ1v) is 4.83. The lowest BCUT2D eigenvalue weighted by atomic mass is 10.1. The minimum absolute atomic E-state index is 0.0761. The average molecular weight is 236 g/mol. The van der Waals surface area contributed by atoms with Crippen molar-refractivity contribution in [3.05, 3.63) is 17.7 Å². The summed E-state index contributed by atoms with van der Waals surface area (Å²) in [5, 5.41) is 9.77. The van der Waals surface area contributed by atoms with Gasteiger partial charge < -0.3 is 20.5 Å². The van der Waals surface area contributed by atoms with Gasteiger partial charge >= 0.3 is 0 Å². The Morgan fingerprint density at radius 1 is 1.41 bits per heavy atom. The highest BCUT2D eigenvalue weighted by molar-refractivity contribution is 5.90. The van der Waals surface area contributed by atoms with Gasteiger partial charge in [0, 0.05) is 29.8 Å². The van der Waals surface area contributed by atoms with Crippen LogP contribution in [-0.4, -0.2) is 26.5 Å². The molecule has 0 aliphatic rings. The Kier molecular flexibility index (Phi) is 4.33. The topological polar surface area (TPSA) is 97.4 Å². The number of methoxy groups -OCH3 is 2. The third-order valence-corrected chi connectivity index (χ3v) is 2.14. The standard InChI is InChI=1S/C11H14N3O3/c1-16-9-5-7(14-11(12)13)6-10(17-2)8(9)3-4-15/h5-6H,3H2,1-2H3,(H4,12,13,14). The van der Waals surface area contributed by atoms with Crippen molar-refractivity contribution in [1.82, 2.24) is 0 Å². The molecular formula is C11H14N3O3. The highest BCUT2D eigenvalue weighted by Crippen LogP contribution is 2.32. The predicted octanol–water partition coefficient (Wildman–Crippen LogP) is 0.661. The number of nitrogens with two attached hydrogens (primary N) is 1. The Morgan fingerprint density at radius 3 is 2.29 bits per heavy atom. The van der Waals surface area contributed by atoms with Crippen LogP contribution in [0.15, 0.2) is 12.1 Å².